The van der Waals surface area contributed by atoms with Gasteiger partial charge in [-0.1, -0.05) is 0 Å². The van der Waals surface area contributed by atoms with E-state index in [2.05, 4.69) is 16.4 Å². The molecule has 0 atom stereocenters. The van der Waals surface area contributed by atoms with E-state index in [4.69, 9.17) is 5.26 Å². The maximum absolute atomic E-state index is 8.89. The number of rotatable bonds is 2. The van der Waals surface area contributed by atoms with Crippen LogP contribution in [-0.4, -0.2) is 4.98 Å². The summed E-state index contributed by atoms with van der Waals surface area (Å²) in [6.07, 6.45) is 0. The largest absolute Gasteiger partial charge is 0.354 e. The summed E-state index contributed by atoms with van der Waals surface area (Å²) >= 11 is 0. The van der Waals surface area contributed by atoms with Gasteiger partial charge >= 0.3 is 0 Å². The number of hydrogen-bond acceptors (Lipinski definition) is 3. The molecule has 0 saturated carbocycles. The van der Waals surface area contributed by atoms with E-state index in [0.717, 1.165) is 28.3 Å². The number of nitrogens with one attached hydrogen (secondary N) is 1. The second kappa shape index (κ2) is 4.89. The quantitative estimate of drug-likeness (QED) is 0.867. The summed E-state index contributed by atoms with van der Waals surface area (Å²) in [7, 11) is 0. The molecule has 0 aliphatic carbocycles. The van der Waals surface area contributed by atoms with E-state index in [1.165, 1.54) is 0 Å². The highest BCUT2D eigenvalue weighted by molar-refractivity contribution is 5.63. The van der Waals surface area contributed by atoms with E-state index < -0.39 is 0 Å². The molecule has 3 nitrogen and oxygen atoms in total. The van der Waals surface area contributed by atoms with Crippen molar-refractivity contribution in [1.82, 2.24) is 4.98 Å². The Bertz CT molecular complexity index is 624. The average molecular weight is 237 g/mol. The van der Waals surface area contributed by atoms with Crippen molar-refractivity contribution < 1.29 is 0 Å². The van der Waals surface area contributed by atoms with Crippen LogP contribution in [0.1, 0.15) is 22.5 Å². The third-order valence-corrected chi connectivity index (χ3v) is 2.85. The molecule has 90 valence electrons. The second-order valence-corrected chi connectivity index (χ2v) is 4.35. The van der Waals surface area contributed by atoms with E-state index >= 15 is 0 Å². The summed E-state index contributed by atoms with van der Waals surface area (Å²) < 4.78 is 0. The van der Waals surface area contributed by atoms with Gasteiger partial charge in [0.15, 0.2) is 0 Å². The lowest BCUT2D eigenvalue weighted by Gasteiger charge is -2.10. The van der Waals surface area contributed by atoms with Gasteiger partial charge in [0, 0.05) is 11.4 Å². The molecule has 0 bridgehead atoms. The fraction of sp³-hybridized carbons (Fsp3) is 0.200. The Hall–Kier alpha value is -2.34. The number of benzene rings is 1. The van der Waals surface area contributed by atoms with E-state index in [9.17, 15) is 0 Å². The Morgan fingerprint density at radius 2 is 1.89 bits per heavy atom. The van der Waals surface area contributed by atoms with Crippen molar-refractivity contribution in [2.75, 3.05) is 5.32 Å². The number of pyridine rings is 1. The SMILES string of the molecule is Cc1ccc(Nc2ccc(C#N)c(C)c2)c(C)n1. The summed E-state index contributed by atoms with van der Waals surface area (Å²) in [5.41, 5.74) is 5.62. The van der Waals surface area contributed by atoms with Crippen LogP contribution < -0.4 is 5.32 Å². The zero-order valence-corrected chi connectivity index (χ0v) is 10.8. The first kappa shape index (κ1) is 12.1. The molecule has 0 aliphatic rings. The lowest BCUT2D eigenvalue weighted by Crippen LogP contribution is -1.97. The Labute approximate surface area is 107 Å². The van der Waals surface area contributed by atoms with Crippen LogP contribution in [0.3, 0.4) is 0 Å². The average Bonchev–Trinajstić information content (AvgIpc) is 2.33. The fourth-order valence-electron chi connectivity index (χ4n) is 1.84. The number of nitriles is 1. The number of anilines is 2. The lowest BCUT2D eigenvalue weighted by molar-refractivity contribution is 1.12. The summed E-state index contributed by atoms with van der Waals surface area (Å²) in [6, 6.07) is 11.9. The van der Waals surface area contributed by atoms with Gasteiger partial charge in [0.05, 0.1) is 23.0 Å². The molecule has 1 aromatic heterocycles. The summed E-state index contributed by atoms with van der Waals surface area (Å²) in [6.45, 7) is 5.89. The van der Waals surface area contributed by atoms with Gasteiger partial charge in [-0.3, -0.25) is 4.98 Å². The van der Waals surface area contributed by atoms with Crippen molar-refractivity contribution in [3.05, 3.63) is 52.8 Å². The smallest absolute Gasteiger partial charge is 0.0994 e. The van der Waals surface area contributed by atoms with Gasteiger partial charge in [-0.05, 0) is 56.7 Å². The third-order valence-electron chi connectivity index (χ3n) is 2.85. The minimum absolute atomic E-state index is 0.708. The molecule has 2 rings (SSSR count). The lowest BCUT2D eigenvalue weighted by atomic mass is 10.1. The molecule has 0 aliphatic heterocycles. The predicted octanol–water partition coefficient (Wildman–Crippen LogP) is 3.62. The molecule has 1 aromatic carbocycles. The van der Waals surface area contributed by atoms with Crippen molar-refractivity contribution in [2.45, 2.75) is 20.8 Å². The Kier molecular flexibility index (Phi) is 3.29. The number of aromatic nitrogens is 1. The molecule has 0 spiro atoms. The van der Waals surface area contributed by atoms with Crippen LogP contribution in [0.5, 0.6) is 0 Å². The molecule has 0 fully saturated rings. The first-order chi connectivity index (χ1) is 8.60. The maximum Gasteiger partial charge on any atom is 0.0994 e. The number of nitrogens with zero attached hydrogens (tertiary/aromatic N) is 2. The van der Waals surface area contributed by atoms with Crippen molar-refractivity contribution in [1.29, 1.82) is 5.26 Å². The predicted molar refractivity (Wildman–Crippen MR) is 72.9 cm³/mol. The van der Waals surface area contributed by atoms with Crippen molar-refractivity contribution in [2.24, 2.45) is 0 Å². The highest BCUT2D eigenvalue weighted by Gasteiger charge is 2.02. The first-order valence-corrected chi connectivity index (χ1v) is 5.82. The highest BCUT2D eigenvalue weighted by atomic mass is 14.9. The van der Waals surface area contributed by atoms with E-state index in [0.29, 0.717) is 5.56 Å². The molecule has 1 N–H and O–H groups in total. The molecular formula is C15H15N3. The Morgan fingerprint density at radius 3 is 2.50 bits per heavy atom. The molecule has 2 aromatic rings. The van der Waals surface area contributed by atoms with Crippen LogP contribution >= 0.6 is 0 Å². The number of hydrogen-bond donors (Lipinski definition) is 1. The van der Waals surface area contributed by atoms with Crippen molar-refractivity contribution in [3.63, 3.8) is 0 Å². The normalized spacial score (nSPS) is 9.89. The van der Waals surface area contributed by atoms with Gasteiger partial charge in [-0.25, -0.2) is 0 Å². The topological polar surface area (TPSA) is 48.7 Å². The van der Waals surface area contributed by atoms with Crippen LogP contribution in [0.2, 0.25) is 0 Å². The summed E-state index contributed by atoms with van der Waals surface area (Å²) in [5.74, 6) is 0. The fourth-order valence-corrected chi connectivity index (χ4v) is 1.84. The molecule has 0 radical (unpaired) electrons. The maximum atomic E-state index is 8.89. The summed E-state index contributed by atoms with van der Waals surface area (Å²) in [5, 5.41) is 12.2. The monoisotopic (exact) mass is 237 g/mol. The van der Waals surface area contributed by atoms with Crippen LogP contribution in [0, 0.1) is 32.1 Å². The minimum atomic E-state index is 0.708. The molecule has 1 heterocycles. The third kappa shape index (κ3) is 2.49. The van der Waals surface area contributed by atoms with E-state index in [-0.39, 0.29) is 0 Å². The molecule has 18 heavy (non-hydrogen) atoms. The molecule has 0 unspecified atom stereocenters. The van der Waals surface area contributed by atoms with Crippen molar-refractivity contribution in [3.8, 4) is 6.07 Å². The minimum Gasteiger partial charge on any atom is -0.354 e. The van der Waals surface area contributed by atoms with Crippen LogP contribution in [0.15, 0.2) is 30.3 Å². The van der Waals surface area contributed by atoms with Gasteiger partial charge in [-0.2, -0.15) is 5.26 Å². The molecule has 3 heteroatoms. The van der Waals surface area contributed by atoms with E-state index in [1.54, 1.807) is 0 Å². The Balaban J connectivity index is 2.29. The van der Waals surface area contributed by atoms with Crippen molar-refractivity contribution >= 4 is 11.4 Å². The molecule has 0 amide bonds. The second-order valence-electron chi connectivity index (χ2n) is 4.35. The zero-order valence-electron chi connectivity index (χ0n) is 10.8. The van der Waals surface area contributed by atoms with Crippen LogP contribution in [0.25, 0.3) is 0 Å². The standard InChI is InChI=1S/C15H15N3/c1-10-8-14(6-5-13(10)9-16)18-15-7-4-11(2)17-12(15)3/h4-8,18H,1-3H3. The molecular weight excluding hydrogens is 222 g/mol. The summed E-state index contributed by atoms with van der Waals surface area (Å²) in [4.78, 5) is 4.41. The highest BCUT2D eigenvalue weighted by Crippen LogP contribution is 2.21. The van der Waals surface area contributed by atoms with Gasteiger partial charge in [0.25, 0.3) is 0 Å². The first-order valence-electron chi connectivity index (χ1n) is 5.82. The zero-order chi connectivity index (χ0) is 13.1. The van der Waals surface area contributed by atoms with Crippen LogP contribution in [0.4, 0.5) is 11.4 Å². The van der Waals surface area contributed by atoms with Crippen LogP contribution in [-0.2, 0) is 0 Å². The van der Waals surface area contributed by atoms with Gasteiger partial charge < -0.3 is 5.32 Å². The van der Waals surface area contributed by atoms with E-state index in [1.807, 2.05) is 51.1 Å². The molecule has 0 saturated heterocycles. The van der Waals surface area contributed by atoms with Gasteiger partial charge in [0.2, 0.25) is 0 Å². The Morgan fingerprint density at radius 1 is 1.11 bits per heavy atom. The number of aryl methyl sites for hydroxylation is 3. The van der Waals surface area contributed by atoms with Gasteiger partial charge in [-0.15, -0.1) is 0 Å². The van der Waals surface area contributed by atoms with Gasteiger partial charge in [0.1, 0.15) is 0 Å².